The first-order valence-corrected chi connectivity index (χ1v) is 8.64. The van der Waals surface area contributed by atoms with Crippen molar-refractivity contribution in [2.75, 3.05) is 0 Å². The van der Waals surface area contributed by atoms with E-state index < -0.39 is 0 Å². The van der Waals surface area contributed by atoms with Gasteiger partial charge < -0.3 is 9.47 Å². The Bertz CT molecular complexity index is 323. The lowest BCUT2D eigenvalue weighted by Crippen LogP contribution is -2.16. The molecular weight excluding hydrogens is 280 g/mol. The van der Waals surface area contributed by atoms with Gasteiger partial charge in [-0.15, -0.1) is 0 Å². The molecule has 0 aliphatic heterocycles. The van der Waals surface area contributed by atoms with E-state index in [4.69, 9.17) is 9.47 Å². The number of unbranched alkanes of at least 4 members (excludes halogenated alkanes) is 5. The molecule has 1 unspecified atom stereocenters. The van der Waals surface area contributed by atoms with Gasteiger partial charge in [0.1, 0.15) is 0 Å². The first-order valence-electron chi connectivity index (χ1n) is 8.64. The summed E-state index contributed by atoms with van der Waals surface area (Å²) in [6, 6.07) is 0. The van der Waals surface area contributed by atoms with Crippen molar-refractivity contribution in [1.82, 2.24) is 0 Å². The zero-order valence-electron chi connectivity index (χ0n) is 14.4. The number of rotatable bonds is 13. The average molecular weight is 312 g/mol. The standard InChI is InChI=1S/C18H32O4/c1-4-6-8-9-10-11-15-21-17(19)13-14-18(20)22-16(3)12-7-5-2/h11,15-16H,4-10,12-14H2,1-3H3/b15-11+. The van der Waals surface area contributed by atoms with E-state index >= 15 is 0 Å². The number of carbonyl (C=O) groups is 2. The predicted octanol–water partition coefficient (Wildman–Crippen LogP) is 4.92. The molecule has 0 aliphatic rings. The van der Waals surface area contributed by atoms with E-state index in [0.717, 1.165) is 32.1 Å². The lowest BCUT2D eigenvalue weighted by molar-refractivity contribution is -0.151. The van der Waals surface area contributed by atoms with Gasteiger partial charge in [-0.2, -0.15) is 0 Å². The maximum absolute atomic E-state index is 11.5. The van der Waals surface area contributed by atoms with Crippen molar-refractivity contribution >= 4 is 11.9 Å². The van der Waals surface area contributed by atoms with Crippen LogP contribution in [0.4, 0.5) is 0 Å². The van der Waals surface area contributed by atoms with Gasteiger partial charge >= 0.3 is 11.9 Å². The molecule has 0 saturated carbocycles. The van der Waals surface area contributed by atoms with Gasteiger partial charge in [0, 0.05) is 0 Å². The molecule has 0 rings (SSSR count). The van der Waals surface area contributed by atoms with Crippen molar-refractivity contribution in [3.63, 3.8) is 0 Å². The van der Waals surface area contributed by atoms with Crippen LogP contribution in [0.2, 0.25) is 0 Å². The second-order valence-corrected chi connectivity index (χ2v) is 5.65. The topological polar surface area (TPSA) is 52.6 Å². The lowest BCUT2D eigenvalue weighted by Gasteiger charge is -2.12. The fourth-order valence-corrected chi connectivity index (χ4v) is 1.98. The molecule has 0 aromatic rings. The van der Waals surface area contributed by atoms with Crippen LogP contribution in [-0.4, -0.2) is 18.0 Å². The quantitative estimate of drug-likeness (QED) is 0.275. The molecule has 0 aromatic carbocycles. The van der Waals surface area contributed by atoms with Crippen LogP contribution >= 0.6 is 0 Å². The molecule has 22 heavy (non-hydrogen) atoms. The van der Waals surface area contributed by atoms with Gasteiger partial charge in [-0.05, 0) is 32.3 Å². The number of esters is 2. The highest BCUT2D eigenvalue weighted by Crippen LogP contribution is 2.07. The third-order valence-electron chi connectivity index (χ3n) is 3.35. The monoisotopic (exact) mass is 312 g/mol. The first kappa shape index (κ1) is 20.7. The molecule has 0 spiro atoms. The highest BCUT2D eigenvalue weighted by Gasteiger charge is 2.11. The summed E-state index contributed by atoms with van der Waals surface area (Å²) in [5.74, 6) is -0.716. The zero-order valence-corrected chi connectivity index (χ0v) is 14.4. The van der Waals surface area contributed by atoms with Gasteiger partial charge in [0.15, 0.2) is 0 Å². The van der Waals surface area contributed by atoms with Crippen LogP contribution in [0.25, 0.3) is 0 Å². The van der Waals surface area contributed by atoms with Crippen LogP contribution in [-0.2, 0) is 19.1 Å². The third kappa shape index (κ3) is 13.7. The summed E-state index contributed by atoms with van der Waals surface area (Å²) in [6.07, 6.45) is 12.1. The van der Waals surface area contributed by atoms with E-state index in [-0.39, 0.29) is 30.9 Å². The van der Waals surface area contributed by atoms with Crippen LogP contribution in [0.5, 0.6) is 0 Å². The molecule has 4 heteroatoms. The summed E-state index contributed by atoms with van der Waals surface area (Å²) >= 11 is 0. The fraction of sp³-hybridized carbons (Fsp3) is 0.778. The molecule has 4 nitrogen and oxygen atoms in total. The van der Waals surface area contributed by atoms with Crippen molar-refractivity contribution in [3.8, 4) is 0 Å². The van der Waals surface area contributed by atoms with Gasteiger partial charge in [0.25, 0.3) is 0 Å². The van der Waals surface area contributed by atoms with E-state index in [1.54, 1.807) is 0 Å². The maximum atomic E-state index is 11.5. The van der Waals surface area contributed by atoms with E-state index in [1.165, 1.54) is 25.5 Å². The van der Waals surface area contributed by atoms with Gasteiger partial charge in [0.05, 0.1) is 25.2 Å². The maximum Gasteiger partial charge on any atom is 0.311 e. The number of hydrogen-bond donors (Lipinski definition) is 0. The minimum Gasteiger partial charge on any atom is -0.463 e. The van der Waals surface area contributed by atoms with Crippen molar-refractivity contribution in [2.24, 2.45) is 0 Å². The normalized spacial score (nSPS) is 12.3. The van der Waals surface area contributed by atoms with Gasteiger partial charge in [0.2, 0.25) is 0 Å². The van der Waals surface area contributed by atoms with Crippen molar-refractivity contribution in [3.05, 3.63) is 12.3 Å². The second-order valence-electron chi connectivity index (χ2n) is 5.65. The molecule has 0 fully saturated rings. The summed E-state index contributed by atoms with van der Waals surface area (Å²) in [4.78, 5) is 23.0. The Balaban J connectivity index is 3.63. The second kappa shape index (κ2) is 14.6. The minimum atomic E-state index is -0.386. The SMILES string of the molecule is CCCCCC/C=C/OC(=O)CCC(=O)OC(C)CCCC. The van der Waals surface area contributed by atoms with Crippen LogP contribution in [0.15, 0.2) is 12.3 Å². The number of carbonyl (C=O) groups excluding carboxylic acids is 2. The van der Waals surface area contributed by atoms with E-state index in [0.29, 0.717) is 0 Å². The van der Waals surface area contributed by atoms with Crippen LogP contribution in [0, 0.1) is 0 Å². The van der Waals surface area contributed by atoms with Crippen molar-refractivity contribution in [1.29, 1.82) is 0 Å². The summed E-state index contributed by atoms with van der Waals surface area (Å²) in [5, 5.41) is 0. The molecule has 128 valence electrons. The van der Waals surface area contributed by atoms with Gasteiger partial charge in [-0.25, -0.2) is 0 Å². The highest BCUT2D eigenvalue weighted by atomic mass is 16.5. The molecule has 0 heterocycles. The Morgan fingerprint density at radius 2 is 1.64 bits per heavy atom. The van der Waals surface area contributed by atoms with Crippen LogP contribution in [0.3, 0.4) is 0 Å². The molecule has 0 N–H and O–H groups in total. The van der Waals surface area contributed by atoms with E-state index in [2.05, 4.69) is 13.8 Å². The number of ether oxygens (including phenoxy) is 2. The molecule has 0 bridgehead atoms. The molecule has 0 radical (unpaired) electrons. The molecule has 0 saturated heterocycles. The number of hydrogen-bond acceptors (Lipinski definition) is 4. The van der Waals surface area contributed by atoms with Crippen molar-refractivity contribution in [2.45, 2.75) is 91.1 Å². The van der Waals surface area contributed by atoms with Crippen LogP contribution < -0.4 is 0 Å². The van der Waals surface area contributed by atoms with Gasteiger partial charge in [-0.3, -0.25) is 9.59 Å². The fourth-order valence-electron chi connectivity index (χ4n) is 1.98. The van der Waals surface area contributed by atoms with Gasteiger partial charge in [-0.1, -0.05) is 46.0 Å². The van der Waals surface area contributed by atoms with E-state index in [9.17, 15) is 9.59 Å². The average Bonchev–Trinajstić information content (AvgIpc) is 2.50. The molecule has 0 aliphatic carbocycles. The Morgan fingerprint density at radius 3 is 2.32 bits per heavy atom. The molecular formula is C18H32O4. The smallest absolute Gasteiger partial charge is 0.311 e. The summed E-state index contributed by atoms with van der Waals surface area (Å²) in [7, 11) is 0. The van der Waals surface area contributed by atoms with Crippen LogP contribution in [0.1, 0.15) is 85.0 Å². The largest absolute Gasteiger partial charge is 0.463 e. The Labute approximate surface area is 135 Å². The lowest BCUT2D eigenvalue weighted by atomic mass is 10.1. The molecule has 1 atom stereocenters. The summed E-state index contributed by atoms with van der Waals surface area (Å²) < 4.78 is 10.2. The Hall–Kier alpha value is -1.32. The van der Waals surface area contributed by atoms with E-state index in [1.807, 2.05) is 13.0 Å². The predicted molar refractivity (Wildman–Crippen MR) is 88.3 cm³/mol. The Kier molecular flexibility index (Phi) is 13.7. The Morgan fingerprint density at radius 1 is 0.955 bits per heavy atom. The highest BCUT2D eigenvalue weighted by molar-refractivity contribution is 5.77. The number of allylic oxidation sites excluding steroid dienone is 1. The van der Waals surface area contributed by atoms with Crippen molar-refractivity contribution < 1.29 is 19.1 Å². The first-order chi connectivity index (χ1) is 10.6. The zero-order chi connectivity index (χ0) is 16.6. The minimum absolute atomic E-state index is 0.0690. The molecule has 0 aromatic heterocycles. The summed E-state index contributed by atoms with van der Waals surface area (Å²) in [6.45, 7) is 6.15. The molecule has 0 amide bonds. The summed E-state index contributed by atoms with van der Waals surface area (Å²) in [5.41, 5.74) is 0. The third-order valence-corrected chi connectivity index (χ3v) is 3.35.